The second-order valence-electron chi connectivity index (χ2n) is 7.34. The number of hydrogen-bond acceptors (Lipinski definition) is 6. The number of halogens is 6. The number of carbonyl (C=O) groups excluding carboxylic acids is 1. The van der Waals surface area contributed by atoms with Gasteiger partial charge in [0.15, 0.2) is 9.84 Å². The van der Waals surface area contributed by atoms with Gasteiger partial charge >= 0.3 is 12.4 Å². The second kappa shape index (κ2) is 8.52. The van der Waals surface area contributed by atoms with Crippen molar-refractivity contribution in [1.82, 2.24) is 10.2 Å². The van der Waals surface area contributed by atoms with E-state index in [1.807, 2.05) is 0 Å². The minimum absolute atomic E-state index is 0.150. The molecule has 0 N–H and O–H groups in total. The first kappa shape index (κ1) is 25.3. The van der Waals surface area contributed by atoms with E-state index in [0.29, 0.717) is 6.08 Å². The molecule has 0 unspecified atom stereocenters. The Morgan fingerprint density at radius 1 is 1.19 bits per heavy atom. The van der Waals surface area contributed by atoms with E-state index in [0.717, 1.165) is 17.1 Å². The van der Waals surface area contributed by atoms with Crippen LogP contribution in [0.3, 0.4) is 0 Å². The first-order valence-electron chi connectivity index (χ1n) is 8.84. The Labute approximate surface area is 178 Å². The van der Waals surface area contributed by atoms with Crippen LogP contribution in [0, 0.1) is 5.92 Å². The second-order valence-corrected chi connectivity index (χ2v) is 10.9. The van der Waals surface area contributed by atoms with Crippen molar-refractivity contribution >= 4 is 32.2 Å². The molecule has 31 heavy (non-hydrogen) atoms. The lowest BCUT2D eigenvalue weighted by Gasteiger charge is -2.30. The summed E-state index contributed by atoms with van der Waals surface area (Å²) in [7, 11) is -4.17. The van der Waals surface area contributed by atoms with Crippen LogP contribution in [-0.4, -0.2) is 47.7 Å². The van der Waals surface area contributed by atoms with Gasteiger partial charge in [0.25, 0.3) is 0 Å². The van der Waals surface area contributed by atoms with Gasteiger partial charge < -0.3 is 0 Å². The fraction of sp³-hybridized carbons (Fsp3) is 0.588. The standard InChI is InChI=1S/C17H19F6N3O3S2/c1-4-5-10(16(18,19)20)6-7-31(28,29)15(2,3)11-8-12(27)26(9-11)14-25-24-13(30-14)17(21,22)23/h4-6,11H,7-9H2,1-3H3/b5-4-,10-6+/t11-/m0/s1. The third-order valence-corrected chi connectivity index (χ3v) is 8.53. The topological polar surface area (TPSA) is 80.2 Å². The molecule has 6 nitrogen and oxygen atoms in total. The summed E-state index contributed by atoms with van der Waals surface area (Å²) in [5.74, 6) is -2.42. The molecule has 14 heteroatoms. The number of alkyl halides is 6. The van der Waals surface area contributed by atoms with Gasteiger partial charge in [-0.1, -0.05) is 29.6 Å². The normalized spacial score (nSPS) is 19.6. The molecule has 0 aliphatic carbocycles. The number of aromatic nitrogens is 2. The van der Waals surface area contributed by atoms with Gasteiger partial charge in [0.2, 0.25) is 16.0 Å². The van der Waals surface area contributed by atoms with E-state index in [-0.39, 0.29) is 29.4 Å². The molecule has 0 aromatic carbocycles. The van der Waals surface area contributed by atoms with Crippen LogP contribution in [0.2, 0.25) is 0 Å². The van der Waals surface area contributed by atoms with Gasteiger partial charge in [0.1, 0.15) is 0 Å². The van der Waals surface area contributed by atoms with Crippen molar-refractivity contribution in [3.8, 4) is 0 Å². The quantitative estimate of drug-likeness (QED) is 0.441. The van der Waals surface area contributed by atoms with Gasteiger partial charge in [0, 0.05) is 18.9 Å². The summed E-state index contributed by atoms with van der Waals surface area (Å²) in [4.78, 5) is 13.2. The smallest absolute Gasteiger partial charge is 0.286 e. The van der Waals surface area contributed by atoms with Gasteiger partial charge in [-0.3, -0.25) is 9.69 Å². The maximum Gasteiger partial charge on any atom is 0.445 e. The zero-order chi connectivity index (χ0) is 23.8. The average molecular weight is 491 g/mol. The van der Waals surface area contributed by atoms with E-state index in [2.05, 4.69) is 10.2 Å². The van der Waals surface area contributed by atoms with E-state index >= 15 is 0 Å². The van der Waals surface area contributed by atoms with Gasteiger partial charge in [-0.25, -0.2) is 8.42 Å². The molecular weight excluding hydrogens is 472 g/mol. The molecule has 1 amide bonds. The summed E-state index contributed by atoms with van der Waals surface area (Å²) in [6.07, 6.45) is -7.35. The van der Waals surface area contributed by atoms with Crippen LogP contribution in [0.25, 0.3) is 0 Å². The van der Waals surface area contributed by atoms with Crippen molar-refractivity contribution in [2.75, 3.05) is 17.2 Å². The van der Waals surface area contributed by atoms with Gasteiger partial charge in [-0.05, 0) is 20.8 Å². The van der Waals surface area contributed by atoms with Gasteiger partial charge in [-0.2, -0.15) is 26.3 Å². The largest absolute Gasteiger partial charge is 0.445 e. The predicted octanol–water partition coefficient (Wildman–Crippen LogP) is 4.17. The highest BCUT2D eigenvalue weighted by molar-refractivity contribution is 7.92. The predicted molar refractivity (Wildman–Crippen MR) is 102 cm³/mol. The number of nitrogens with zero attached hydrogens (tertiary/aromatic N) is 3. The lowest BCUT2D eigenvalue weighted by atomic mass is 9.94. The average Bonchev–Trinajstić information content (AvgIpc) is 3.23. The molecule has 1 aliphatic heterocycles. The summed E-state index contributed by atoms with van der Waals surface area (Å²) in [6, 6.07) is 0. The lowest BCUT2D eigenvalue weighted by Crippen LogP contribution is -2.42. The van der Waals surface area contributed by atoms with Crippen LogP contribution in [0.1, 0.15) is 32.2 Å². The van der Waals surface area contributed by atoms with Crippen molar-refractivity contribution in [2.24, 2.45) is 5.92 Å². The summed E-state index contributed by atoms with van der Waals surface area (Å²) in [5, 5.41) is 4.80. The Hall–Kier alpha value is -1.96. The number of allylic oxidation sites excluding steroid dienone is 3. The van der Waals surface area contributed by atoms with Crippen LogP contribution < -0.4 is 4.90 Å². The zero-order valence-corrected chi connectivity index (χ0v) is 18.2. The zero-order valence-electron chi connectivity index (χ0n) is 16.6. The molecule has 1 aromatic rings. The molecular formula is C17H19F6N3O3S2. The summed E-state index contributed by atoms with van der Waals surface area (Å²) in [5.41, 5.74) is -1.12. The lowest BCUT2D eigenvalue weighted by molar-refractivity contribution is -0.138. The van der Waals surface area contributed by atoms with E-state index in [9.17, 15) is 39.6 Å². The Bertz CT molecular complexity index is 993. The monoisotopic (exact) mass is 491 g/mol. The molecule has 0 saturated carbocycles. The molecule has 1 aliphatic rings. The fourth-order valence-corrected chi connectivity index (χ4v) is 5.16. The van der Waals surface area contributed by atoms with Crippen molar-refractivity contribution in [3.05, 3.63) is 28.8 Å². The molecule has 1 atom stereocenters. The van der Waals surface area contributed by atoms with E-state index in [1.54, 1.807) is 0 Å². The molecule has 0 bridgehead atoms. The van der Waals surface area contributed by atoms with E-state index in [4.69, 9.17) is 0 Å². The highest BCUT2D eigenvalue weighted by Crippen LogP contribution is 2.40. The Morgan fingerprint density at radius 3 is 2.29 bits per heavy atom. The summed E-state index contributed by atoms with van der Waals surface area (Å²) in [6.45, 7) is 3.67. The van der Waals surface area contributed by atoms with Gasteiger partial charge in [0.05, 0.1) is 16.1 Å². The SMILES string of the molecule is C/C=C\C(=C/CS(=O)(=O)C(C)(C)[C@H]1CC(=O)N(c2nnc(C(F)(F)F)s2)C1)C(F)(F)F. The minimum Gasteiger partial charge on any atom is -0.286 e. The van der Waals surface area contributed by atoms with Crippen LogP contribution in [0.15, 0.2) is 23.8 Å². The van der Waals surface area contributed by atoms with Crippen molar-refractivity contribution in [1.29, 1.82) is 0 Å². The number of anilines is 1. The van der Waals surface area contributed by atoms with Crippen molar-refractivity contribution in [3.63, 3.8) is 0 Å². The number of carbonyl (C=O) groups is 1. The van der Waals surface area contributed by atoms with Crippen LogP contribution in [-0.2, 0) is 20.8 Å². The summed E-state index contributed by atoms with van der Waals surface area (Å²) < 4.78 is 101. The third-order valence-electron chi connectivity index (χ3n) is 4.99. The molecule has 1 aromatic heterocycles. The highest BCUT2D eigenvalue weighted by atomic mass is 32.2. The molecule has 0 radical (unpaired) electrons. The van der Waals surface area contributed by atoms with Crippen LogP contribution in [0.4, 0.5) is 31.5 Å². The van der Waals surface area contributed by atoms with Gasteiger partial charge in [-0.15, -0.1) is 10.2 Å². The number of hydrogen-bond donors (Lipinski definition) is 0. The maximum atomic E-state index is 13.0. The molecule has 2 rings (SSSR count). The van der Waals surface area contributed by atoms with E-state index < -0.39 is 55.1 Å². The summed E-state index contributed by atoms with van der Waals surface area (Å²) >= 11 is 0.150. The number of amides is 1. The van der Waals surface area contributed by atoms with Crippen molar-refractivity contribution < 1.29 is 39.6 Å². The Morgan fingerprint density at radius 2 is 1.81 bits per heavy atom. The first-order chi connectivity index (χ1) is 14.0. The molecule has 1 saturated heterocycles. The molecule has 174 valence electrons. The minimum atomic E-state index is -4.74. The van der Waals surface area contributed by atoms with Crippen molar-refractivity contribution in [2.45, 2.75) is 44.3 Å². The van der Waals surface area contributed by atoms with Crippen LogP contribution >= 0.6 is 11.3 Å². The molecule has 1 fully saturated rings. The maximum absolute atomic E-state index is 13.0. The Balaban J connectivity index is 2.25. The molecule has 0 spiro atoms. The van der Waals surface area contributed by atoms with E-state index in [1.165, 1.54) is 20.8 Å². The highest BCUT2D eigenvalue weighted by Gasteiger charge is 2.48. The Kier molecular flexibility index (Phi) is 6.96. The fourth-order valence-electron chi connectivity index (χ4n) is 2.92. The third kappa shape index (κ3) is 5.45. The number of rotatable bonds is 6. The molecule has 2 heterocycles. The first-order valence-corrected chi connectivity index (χ1v) is 11.3. The number of sulfone groups is 1. The van der Waals surface area contributed by atoms with Crippen LogP contribution in [0.5, 0.6) is 0 Å².